The highest BCUT2D eigenvalue weighted by atomic mass is 19.1. The molecule has 0 aromatic heterocycles. The Morgan fingerprint density at radius 2 is 1.59 bits per heavy atom. The molecule has 0 fully saturated rings. The highest BCUT2D eigenvalue weighted by Gasteiger charge is 2.17. The molecule has 0 saturated heterocycles. The van der Waals surface area contributed by atoms with E-state index in [2.05, 4.69) is 0 Å². The van der Waals surface area contributed by atoms with Gasteiger partial charge in [-0.1, -0.05) is 48.6 Å². The average Bonchev–Trinajstić information content (AvgIpc) is 2.56. The minimum absolute atomic E-state index is 0.193. The Balaban J connectivity index is 1.68. The first-order valence-corrected chi connectivity index (χ1v) is 6.90. The second kappa shape index (κ2) is 6.26. The van der Waals surface area contributed by atoms with Crippen LogP contribution in [0.2, 0.25) is 0 Å². The zero-order valence-corrected chi connectivity index (χ0v) is 11.7. The molecular weight excluding hydrogens is 281 g/mol. The first kappa shape index (κ1) is 14.1. The standard InChI is InChI=1S/C18H14FNO2/c19-17-9-5-4-8-16(17)14-10-12-20(13-11-14)18(21)22-15-6-2-1-3-7-15/h1-14H. The van der Waals surface area contributed by atoms with Crippen LogP contribution in [-0.2, 0) is 0 Å². The highest BCUT2D eigenvalue weighted by Crippen LogP contribution is 2.25. The molecule has 4 heteroatoms. The normalized spacial score (nSPS) is 14.1. The van der Waals surface area contributed by atoms with Crippen LogP contribution in [0.4, 0.5) is 9.18 Å². The zero-order valence-electron chi connectivity index (χ0n) is 11.7. The van der Waals surface area contributed by atoms with Crippen molar-refractivity contribution >= 4 is 6.09 Å². The Kier molecular flexibility index (Phi) is 4.01. The van der Waals surface area contributed by atoms with Gasteiger partial charge < -0.3 is 4.74 Å². The van der Waals surface area contributed by atoms with E-state index in [1.54, 1.807) is 67.0 Å². The Bertz CT molecular complexity index is 711. The van der Waals surface area contributed by atoms with Crippen molar-refractivity contribution in [1.82, 2.24) is 4.90 Å². The Labute approximate surface area is 127 Å². The van der Waals surface area contributed by atoms with Crippen LogP contribution in [0.15, 0.2) is 79.1 Å². The lowest BCUT2D eigenvalue weighted by molar-refractivity contribution is 0.181. The molecule has 0 N–H and O–H groups in total. The predicted octanol–water partition coefficient (Wildman–Crippen LogP) is 4.45. The molecule has 1 amide bonds. The maximum Gasteiger partial charge on any atom is 0.423 e. The molecule has 1 aliphatic heterocycles. The third kappa shape index (κ3) is 3.06. The zero-order chi connectivity index (χ0) is 15.4. The van der Waals surface area contributed by atoms with Gasteiger partial charge in [0.15, 0.2) is 0 Å². The number of nitrogens with zero attached hydrogens (tertiary/aromatic N) is 1. The lowest BCUT2D eigenvalue weighted by atomic mass is 9.97. The van der Waals surface area contributed by atoms with Crippen molar-refractivity contribution < 1.29 is 13.9 Å². The van der Waals surface area contributed by atoms with Crippen LogP contribution < -0.4 is 4.74 Å². The fourth-order valence-electron chi connectivity index (χ4n) is 2.20. The second-order valence-electron chi connectivity index (χ2n) is 4.82. The van der Waals surface area contributed by atoms with Crippen molar-refractivity contribution in [3.05, 3.63) is 90.5 Å². The van der Waals surface area contributed by atoms with E-state index in [9.17, 15) is 9.18 Å². The number of benzene rings is 2. The molecule has 2 aromatic carbocycles. The molecule has 110 valence electrons. The molecule has 2 aromatic rings. The molecule has 0 radical (unpaired) electrons. The largest absolute Gasteiger partial charge is 0.423 e. The van der Waals surface area contributed by atoms with Gasteiger partial charge in [-0.3, -0.25) is 4.90 Å². The van der Waals surface area contributed by atoms with Crippen LogP contribution in [0.25, 0.3) is 0 Å². The molecule has 22 heavy (non-hydrogen) atoms. The van der Waals surface area contributed by atoms with Gasteiger partial charge >= 0.3 is 6.09 Å². The van der Waals surface area contributed by atoms with Crippen molar-refractivity contribution in [2.24, 2.45) is 0 Å². The van der Waals surface area contributed by atoms with Crippen LogP contribution in [0.1, 0.15) is 11.5 Å². The van der Waals surface area contributed by atoms with E-state index in [1.165, 1.54) is 11.0 Å². The van der Waals surface area contributed by atoms with Gasteiger partial charge in [0, 0.05) is 18.3 Å². The summed E-state index contributed by atoms with van der Waals surface area (Å²) < 4.78 is 19.0. The number of carbonyl (C=O) groups excluding carboxylic acids is 1. The van der Waals surface area contributed by atoms with Crippen molar-refractivity contribution in [3.8, 4) is 5.75 Å². The Hall–Kier alpha value is -2.88. The van der Waals surface area contributed by atoms with E-state index in [-0.39, 0.29) is 11.7 Å². The monoisotopic (exact) mass is 295 g/mol. The molecule has 0 bridgehead atoms. The lowest BCUT2D eigenvalue weighted by Crippen LogP contribution is -2.25. The summed E-state index contributed by atoms with van der Waals surface area (Å²) in [5.74, 6) is 0.0228. The summed E-state index contributed by atoms with van der Waals surface area (Å²) in [6, 6.07) is 15.4. The van der Waals surface area contributed by atoms with E-state index < -0.39 is 6.09 Å². The molecule has 3 rings (SSSR count). The number of amides is 1. The van der Waals surface area contributed by atoms with Gasteiger partial charge in [-0.15, -0.1) is 0 Å². The van der Waals surface area contributed by atoms with E-state index in [4.69, 9.17) is 4.74 Å². The molecule has 0 unspecified atom stereocenters. The molecule has 0 aliphatic carbocycles. The molecular formula is C18H14FNO2. The molecule has 3 nitrogen and oxygen atoms in total. The Morgan fingerprint density at radius 3 is 2.27 bits per heavy atom. The van der Waals surface area contributed by atoms with Crippen molar-refractivity contribution in [2.75, 3.05) is 0 Å². The summed E-state index contributed by atoms with van der Waals surface area (Å²) >= 11 is 0. The lowest BCUT2D eigenvalue weighted by Gasteiger charge is -2.20. The minimum Gasteiger partial charge on any atom is -0.410 e. The van der Waals surface area contributed by atoms with Crippen LogP contribution >= 0.6 is 0 Å². The van der Waals surface area contributed by atoms with Crippen LogP contribution in [0, 0.1) is 5.82 Å². The number of hydrogen-bond donors (Lipinski definition) is 0. The van der Waals surface area contributed by atoms with Gasteiger partial charge in [-0.25, -0.2) is 9.18 Å². The first-order valence-electron chi connectivity index (χ1n) is 6.90. The number of halogens is 1. The van der Waals surface area contributed by atoms with Gasteiger partial charge in [0.1, 0.15) is 11.6 Å². The maximum atomic E-state index is 13.7. The number of hydrogen-bond acceptors (Lipinski definition) is 2. The van der Waals surface area contributed by atoms with Crippen LogP contribution in [0.5, 0.6) is 5.75 Å². The maximum absolute atomic E-state index is 13.7. The minimum atomic E-state index is -0.509. The van der Waals surface area contributed by atoms with Gasteiger partial charge in [-0.05, 0) is 23.8 Å². The van der Waals surface area contributed by atoms with E-state index >= 15 is 0 Å². The number of rotatable bonds is 2. The predicted molar refractivity (Wildman–Crippen MR) is 81.7 cm³/mol. The average molecular weight is 295 g/mol. The van der Waals surface area contributed by atoms with E-state index in [0.29, 0.717) is 11.3 Å². The summed E-state index contributed by atoms with van der Waals surface area (Å²) in [7, 11) is 0. The molecule has 1 heterocycles. The van der Waals surface area contributed by atoms with E-state index in [1.807, 2.05) is 6.07 Å². The molecule has 1 aliphatic rings. The van der Waals surface area contributed by atoms with Crippen molar-refractivity contribution in [2.45, 2.75) is 5.92 Å². The number of allylic oxidation sites excluding steroid dienone is 2. The molecule has 0 atom stereocenters. The fraction of sp³-hybridized carbons (Fsp3) is 0.0556. The van der Waals surface area contributed by atoms with Gasteiger partial charge in [0.2, 0.25) is 0 Å². The summed E-state index contributed by atoms with van der Waals surface area (Å²) in [5.41, 5.74) is 0.575. The molecule has 0 saturated carbocycles. The van der Waals surface area contributed by atoms with Gasteiger partial charge in [0.05, 0.1) is 0 Å². The van der Waals surface area contributed by atoms with Gasteiger partial charge in [0.25, 0.3) is 0 Å². The van der Waals surface area contributed by atoms with Crippen LogP contribution in [-0.4, -0.2) is 11.0 Å². The smallest absolute Gasteiger partial charge is 0.410 e. The SMILES string of the molecule is O=C(Oc1ccccc1)N1C=CC(c2ccccc2F)C=C1. The molecule has 0 spiro atoms. The van der Waals surface area contributed by atoms with E-state index in [0.717, 1.165) is 0 Å². The summed E-state index contributed by atoms with van der Waals surface area (Å²) in [4.78, 5) is 13.3. The third-order valence-electron chi connectivity index (χ3n) is 3.33. The van der Waals surface area contributed by atoms with Crippen molar-refractivity contribution in [3.63, 3.8) is 0 Å². The van der Waals surface area contributed by atoms with Crippen LogP contribution in [0.3, 0.4) is 0 Å². The number of ether oxygens (including phenoxy) is 1. The quantitative estimate of drug-likeness (QED) is 0.819. The third-order valence-corrected chi connectivity index (χ3v) is 3.33. The second-order valence-corrected chi connectivity index (χ2v) is 4.82. The summed E-state index contributed by atoms with van der Waals surface area (Å²) in [5, 5.41) is 0. The summed E-state index contributed by atoms with van der Waals surface area (Å²) in [6.45, 7) is 0. The van der Waals surface area contributed by atoms with Gasteiger partial charge in [-0.2, -0.15) is 0 Å². The highest BCUT2D eigenvalue weighted by molar-refractivity contribution is 5.73. The van der Waals surface area contributed by atoms with Crippen molar-refractivity contribution in [1.29, 1.82) is 0 Å². The summed E-state index contributed by atoms with van der Waals surface area (Å²) in [6.07, 6.45) is 6.17. The number of para-hydroxylation sites is 1. The number of carbonyl (C=O) groups is 1. The first-order chi connectivity index (χ1) is 10.7. The Morgan fingerprint density at radius 1 is 0.955 bits per heavy atom. The fourth-order valence-corrected chi connectivity index (χ4v) is 2.20. The topological polar surface area (TPSA) is 29.5 Å².